The summed E-state index contributed by atoms with van der Waals surface area (Å²) in [4.78, 5) is 2.23. The first-order valence-corrected chi connectivity index (χ1v) is 6.85. The third kappa shape index (κ3) is 4.87. The first-order valence-electron chi connectivity index (χ1n) is 6.85. The van der Waals surface area contributed by atoms with Gasteiger partial charge in [0, 0.05) is 18.7 Å². The number of nitriles is 1. The molecule has 5 heteroatoms. The predicted molar refractivity (Wildman–Crippen MR) is 75.5 cm³/mol. The molecule has 0 heterocycles. The molecule has 1 atom stereocenters. The molecule has 1 rings (SSSR count). The Labute approximate surface area is 119 Å². The third-order valence-electron chi connectivity index (χ3n) is 3.30. The van der Waals surface area contributed by atoms with Crippen LogP contribution in [-0.4, -0.2) is 31.1 Å². The molecule has 1 aromatic rings. The number of hydrogen-bond acceptors (Lipinski definition) is 3. The van der Waals surface area contributed by atoms with Gasteiger partial charge < -0.3 is 4.90 Å². The lowest BCUT2D eigenvalue weighted by Crippen LogP contribution is -2.33. The lowest BCUT2D eigenvalue weighted by atomic mass is 10.0. The summed E-state index contributed by atoms with van der Waals surface area (Å²) in [6.07, 6.45) is -2.51. The minimum absolute atomic E-state index is 0.0479. The Morgan fingerprint density at radius 1 is 1.25 bits per heavy atom. The Bertz CT molecular complexity index is 439. The van der Waals surface area contributed by atoms with Crippen LogP contribution in [0.1, 0.15) is 37.4 Å². The second-order valence-electron chi connectivity index (χ2n) is 4.51. The molecule has 1 unspecified atom stereocenters. The van der Waals surface area contributed by atoms with Crippen LogP contribution in [0.15, 0.2) is 24.3 Å². The molecule has 0 radical (unpaired) electrons. The van der Waals surface area contributed by atoms with Crippen LogP contribution in [0.25, 0.3) is 0 Å². The monoisotopic (exact) mass is 281 g/mol. The standard InChI is InChI=1S/C15H21F2N3/c1-3-20(4-2)9-8-19-14(11-18)12-6-5-7-13(10-12)15(16)17/h5-7,10,14-15,19H,3-4,8-9H2,1-2H3. The zero-order valence-electron chi connectivity index (χ0n) is 11.9. The number of hydrogen-bond donors (Lipinski definition) is 1. The Hall–Kier alpha value is -1.51. The predicted octanol–water partition coefficient (Wildman–Crippen LogP) is 3.12. The van der Waals surface area contributed by atoms with Gasteiger partial charge in [-0.25, -0.2) is 8.78 Å². The SMILES string of the molecule is CCN(CC)CCNC(C#N)c1cccc(C(F)F)c1. The van der Waals surface area contributed by atoms with Crippen molar-refractivity contribution in [2.24, 2.45) is 0 Å². The van der Waals surface area contributed by atoms with E-state index in [0.29, 0.717) is 12.1 Å². The summed E-state index contributed by atoms with van der Waals surface area (Å²) in [6.45, 7) is 7.56. The molecule has 110 valence electrons. The minimum atomic E-state index is -2.51. The normalized spacial score (nSPS) is 12.7. The van der Waals surface area contributed by atoms with Crippen molar-refractivity contribution >= 4 is 0 Å². The molecule has 0 aromatic heterocycles. The maximum Gasteiger partial charge on any atom is 0.263 e. The fraction of sp³-hybridized carbons (Fsp3) is 0.533. The van der Waals surface area contributed by atoms with Crippen molar-refractivity contribution in [1.82, 2.24) is 10.2 Å². The number of nitrogens with one attached hydrogen (secondary N) is 1. The molecule has 0 aliphatic heterocycles. The summed E-state index contributed by atoms with van der Waals surface area (Å²) in [5.74, 6) is 0. The topological polar surface area (TPSA) is 39.1 Å². The van der Waals surface area contributed by atoms with E-state index in [1.54, 1.807) is 12.1 Å². The number of rotatable bonds is 8. The van der Waals surface area contributed by atoms with E-state index in [1.165, 1.54) is 12.1 Å². The second kappa shape index (κ2) is 8.62. The lowest BCUT2D eigenvalue weighted by molar-refractivity contribution is 0.151. The van der Waals surface area contributed by atoms with Crippen LogP contribution >= 0.6 is 0 Å². The van der Waals surface area contributed by atoms with Crippen LogP contribution in [0.2, 0.25) is 0 Å². The Balaban J connectivity index is 2.63. The number of alkyl halides is 2. The smallest absolute Gasteiger partial charge is 0.263 e. The van der Waals surface area contributed by atoms with Gasteiger partial charge in [0.2, 0.25) is 0 Å². The molecule has 0 aliphatic carbocycles. The molecule has 3 nitrogen and oxygen atoms in total. The van der Waals surface area contributed by atoms with Crippen LogP contribution < -0.4 is 5.32 Å². The van der Waals surface area contributed by atoms with Crippen molar-refractivity contribution in [3.63, 3.8) is 0 Å². The highest BCUT2D eigenvalue weighted by molar-refractivity contribution is 5.29. The van der Waals surface area contributed by atoms with Crippen molar-refractivity contribution in [2.75, 3.05) is 26.2 Å². The van der Waals surface area contributed by atoms with Gasteiger partial charge in [0.15, 0.2) is 0 Å². The average Bonchev–Trinajstić information content (AvgIpc) is 2.48. The Morgan fingerprint density at radius 2 is 1.90 bits per heavy atom. The van der Waals surface area contributed by atoms with Gasteiger partial charge in [-0.1, -0.05) is 32.0 Å². The highest BCUT2D eigenvalue weighted by Crippen LogP contribution is 2.22. The van der Waals surface area contributed by atoms with E-state index in [9.17, 15) is 14.0 Å². The molecule has 1 aromatic carbocycles. The molecule has 0 fully saturated rings. The van der Waals surface area contributed by atoms with Crippen LogP contribution in [-0.2, 0) is 0 Å². The molecule has 0 saturated carbocycles. The molecule has 0 amide bonds. The maximum absolute atomic E-state index is 12.7. The number of benzene rings is 1. The summed E-state index contributed by atoms with van der Waals surface area (Å²) in [7, 11) is 0. The van der Waals surface area contributed by atoms with Crippen LogP contribution in [0, 0.1) is 11.3 Å². The van der Waals surface area contributed by atoms with E-state index < -0.39 is 12.5 Å². The molecular formula is C15H21F2N3. The maximum atomic E-state index is 12.7. The van der Waals surface area contributed by atoms with Crippen molar-refractivity contribution < 1.29 is 8.78 Å². The first-order chi connectivity index (χ1) is 9.62. The first kappa shape index (κ1) is 16.5. The van der Waals surface area contributed by atoms with Crippen LogP contribution in [0.5, 0.6) is 0 Å². The van der Waals surface area contributed by atoms with Gasteiger partial charge >= 0.3 is 0 Å². The van der Waals surface area contributed by atoms with Crippen molar-refractivity contribution in [3.05, 3.63) is 35.4 Å². The van der Waals surface area contributed by atoms with Gasteiger partial charge in [0.25, 0.3) is 6.43 Å². The zero-order valence-corrected chi connectivity index (χ0v) is 11.9. The Kier molecular flexibility index (Phi) is 7.13. The van der Waals surface area contributed by atoms with Gasteiger partial charge in [-0.3, -0.25) is 5.32 Å². The van der Waals surface area contributed by atoms with E-state index in [0.717, 1.165) is 19.6 Å². The molecule has 0 aliphatic rings. The van der Waals surface area contributed by atoms with Crippen LogP contribution in [0.4, 0.5) is 8.78 Å². The van der Waals surface area contributed by atoms with Gasteiger partial charge in [-0.15, -0.1) is 0 Å². The summed E-state index contributed by atoms with van der Waals surface area (Å²) in [5.41, 5.74) is 0.540. The van der Waals surface area contributed by atoms with Crippen LogP contribution in [0.3, 0.4) is 0 Å². The summed E-state index contributed by atoms with van der Waals surface area (Å²) in [5, 5.41) is 12.3. The molecular weight excluding hydrogens is 260 g/mol. The fourth-order valence-electron chi connectivity index (χ4n) is 2.02. The van der Waals surface area contributed by atoms with E-state index >= 15 is 0 Å². The number of likely N-dealkylation sites (N-methyl/N-ethyl adjacent to an activating group) is 1. The highest BCUT2D eigenvalue weighted by Gasteiger charge is 2.13. The summed E-state index contributed by atoms with van der Waals surface area (Å²) < 4.78 is 25.3. The van der Waals surface area contributed by atoms with Crippen molar-refractivity contribution in [1.29, 1.82) is 5.26 Å². The van der Waals surface area contributed by atoms with E-state index in [2.05, 4.69) is 30.1 Å². The minimum Gasteiger partial charge on any atom is -0.303 e. The van der Waals surface area contributed by atoms with Crippen molar-refractivity contribution in [2.45, 2.75) is 26.3 Å². The molecule has 1 N–H and O–H groups in total. The number of halogens is 2. The molecule has 0 bridgehead atoms. The highest BCUT2D eigenvalue weighted by atomic mass is 19.3. The summed E-state index contributed by atoms with van der Waals surface area (Å²) in [6, 6.07) is 7.59. The van der Waals surface area contributed by atoms with E-state index in [4.69, 9.17) is 0 Å². The average molecular weight is 281 g/mol. The largest absolute Gasteiger partial charge is 0.303 e. The van der Waals surface area contributed by atoms with Gasteiger partial charge in [-0.05, 0) is 24.7 Å². The zero-order chi connectivity index (χ0) is 15.0. The van der Waals surface area contributed by atoms with Gasteiger partial charge in [0.05, 0.1) is 6.07 Å². The van der Waals surface area contributed by atoms with E-state index in [1.807, 2.05) is 0 Å². The fourth-order valence-corrected chi connectivity index (χ4v) is 2.02. The molecule has 0 saturated heterocycles. The molecule has 20 heavy (non-hydrogen) atoms. The third-order valence-corrected chi connectivity index (χ3v) is 3.30. The van der Waals surface area contributed by atoms with E-state index in [-0.39, 0.29) is 5.56 Å². The second-order valence-corrected chi connectivity index (χ2v) is 4.51. The number of nitrogens with zero attached hydrogens (tertiary/aromatic N) is 2. The van der Waals surface area contributed by atoms with Gasteiger partial charge in [-0.2, -0.15) is 5.26 Å². The Morgan fingerprint density at radius 3 is 2.45 bits per heavy atom. The quantitative estimate of drug-likeness (QED) is 0.795. The molecule has 0 spiro atoms. The van der Waals surface area contributed by atoms with Crippen molar-refractivity contribution in [3.8, 4) is 6.07 Å². The van der Waals surface area contributed by atoms with Gasteiger partial charge in [0.1, 0.15) is 6.04 Å². The lowest BCUT2D eigenvalue weighted by Gasteiger charge is -2.19. The summed E-state index contributed by atoms with van der Waals surface area (Å²) >= 11 is 0.